The van der Waals surface area contributed by atoms with Gasteiger partial charge in [-0.05, 0) is 25.2 Å². The highest BCUT2D eigenvalue weighted by Crippen LogP contribution is 2.17. The largest absolute Gasteiger partial charge is 0.381 e. The maximum Gasteiger partial charge on any atom is 0.240 e. The quantitative estimate of drug-likeness (QED) is 0.665. The molecular weight excluding hydrogens is 240 g/mol. The van der Waals surface area contributed by atoms with Crippen molar-refractivity contribution in [2.45, 2.75) is 64.3 Å². The number of hydrogen-bond donors (Lipinski definition) is 2. The maximum absolute atomic E-state index is 12.0. The zero-order valence-electron chi connectivity index (χ0n) is 12.5. The monoisotopic (exact) mass is 270 g/mol. The van der Waals surface area contributed by atoms with E-state index in [-0.39, 0.29) is 5.91 Å². The van der Waals surface area contributed by atoms with Crippen LogP contribution < -0.4 is 11.1 Å². The molecule has 1 heterocycles. The van der Waals surface area contributed by atoms with E-state index in [0.29, 0.717) is 26.1 Å². The second-order valence-corrected chi connectivity index (χ2v) is 6.12. The van der Waals surface area contributed by atoms with Gasteiger partial charge in [0.25, 0.3) is 0 Å². The van der Waals surface area contributed by atoms with E-state index in [9.17, 15) is 4.79 Å². The van der Waals surface area contributed by atoms with Crippen LogP contribution in [0.15, 0.2) is 0 Å². The van der Waals surface area contributed by atoms with Crippen molar-refractivity contribution in [2.24, 2.45) is 11.7 Å². The fourth-order valence-corrected chi connectivity index (χ4v) is 2.37. The molecule has 0 unspecified atom stereocenters. The summed E-state index contributed by atoms with van der Waals surface area (Å²) in [5.74, 6) is 0.795. The number of hydrogen-bond acceptors (Lipinski definition) is 3. The van der Waals surface area contributed by atoms with Crippen LogP contribution in [0, 0.1) is 5.92 Å². The maximum atomic E-state index is 12.0. The molecule has 4 nitrogen and oxygen atoms in total. The average molecular weight is 270 g/mol. The van der Waals surface area contributed by atoms with Gasteiger partial charge in [-0.2, -0.15) is 0 Å². The summed E-state index contributed by atoms with van der Waals surface area (Å²) >= 11 is 0. The lowest BCUT2D eigenvalue weighted by molar-refractivity contribution is -0.129. The molecular formula is C15H30N2O2. The highest BCUT2D eigenvalue weighted by atomic mass is 16.5. The minimum absolute atomic E-state index is 0.00187. The van der Waals surface area contributed by atoms with Crippen LogP contribution in [0.25, 0.3) is 0 Å². The van der Waals surface area contributed by atoms with Crippen molar-refractivity contribution >= 4 is 5.91 Å². The third-order valence-corrected chi connectivity index (χ3v) is 3.83. The van der Waals surface area contributed by atoms with Crippen molar-refractivity contribution in [2.75, 3.05) is 19.8 Å². The third kappa shape index (κ3) is 6.39. The first kappa shape index (κ1) is 16.4. The number of carbonyl (C=O) groups excluding carboxylic acids is 1. The predicted octanol–water partition coefficient (Wildman–Crippen LogP) is 2.22. The molecule has 1 saturated heterocycles. The van der Waals surface area contributed by atoms with E-state index in [4.69, 9.17) is 10.5 Å². The molecule has 0 bridgehead atoms. The second-order valence-electron chi connectivity index (χ2n) is 6.12. The van der Waals surface area contributed by atoms with Gasteiger partial charge >= 0.3 is 0 Å². The van der Waals surface area contributed by atoms with Crippen molar-refractivity contribution in [1.29, 1.82) is 0 Å². The molecule has 1 rings (SSSR count). The Morgan fingerprint density at radius 2 is 1.84 bits per heavy atom. The summed E-state index contributed by atoms with van der Waals surface area (Å²) in [6, 6.07) is 0. The van der Waals surface area contributed by atoms with Crippen molar-refractivity contribution in [1.82, 2.24) is 5.32 Å². The van der Waals surface area contributed by atoms with Gasteiger partial charge in [0.2, 0.25) is 5.91 Å². The zero-order chi connectivity index (χ0) is 14.1. The molecule has 0 saturated carbocycles. The molecule has 112 valence electrons. The molecule has 0 aromatic heterocycles. The SMILES string of the molecule is CC(C)CCCCCCNC(=O)C1(N)CCOCC1. The first-order valence-electron chi connectivity index (χ1n) is 7.69. The van der Waals surface area contributed by atoms with Gasteiger partial charge in [0.1, 0.15) is 0 Å². The van der Waals surface area contributed by atoms with Crippen LogP contribution in [-0.4, -0.2) is 31.2 Å². The van der Waals surface area contributed by atoms with Crippen LogP contribution >= 0.6 is 0 Å². The smallest absolute Gasteiger partial charge is 0.240 e. The van der Waals surface area contributed by atoms with E-state index in [0.717, 1.165) is 18.9 Å². The lowest BCUT2D eigenvalue weighted by Gasteiger charge is -2.31. The first-order chi connectivity index (χ1) is 9.04. The summed E-state index contributed by atoms with van der Waals surface area (Å²) < 4.78 is 5.24. The minimum Gasteiger partial charge on any atom is -0.381 e. The molecule has 0 atom stereocenters. The fourth-order valence-electron chi connectivity index (χ4n) is 2.37. The van der Waals surface area contributed by atoms with E-state index >= 15 is 0 Å². The first-order valence-corrected chi connectivity index (χ1v) is 7.69. The molecule has 0 aliphatic carbocycles. The summed E-state index contributed by atoms with van der Waals surface area (Å²) in [5.41, 5.74) is 5.41. The Labute approximate surface area is 117 Å². The van der Waals surface area contributed by atoms with Gasteiger partial charge in [0, 0.05) is 19.8 Å². The van der Waals surface area contributed by atoms with Gasteiger partial charge in [-0.25, -0.2) is 0 Å². The minimum atomic E-state index is -0.699. The topological polar surface area (TPSA) is 64.4 Å². The lowest BCUT2D eigenvalue weighted by atomic mass is 9.90. The average Bonchev–Trinajstić information content (AvgIpc) is 2.38. The molecule has 4 heteroatoms. The summed E-state index contributed by atoms with van der Waals surface area (Å²) in [7, 11) is 0. The number of nitrogens with two attached hydrogens (primary N) is 1. The van der Waals surface area contributed by atoms with Gasteiger partial charge in [0.05, 0.1) is 5.54 Å². The number of carbonyl (C=O) groups is 1. The molecule has 0 spiro atoms. The highest BCUT2D eigenvalue weighted by molar-refractivity contribution is 5.86. The number of amides is 1. The lowest BCUT2D eigenvalue weighted by Crippen LogP contribution is -2.57. The molecule has 1 aliphatic rings. The van der Waals surface area contributed by atoms with Gasteiger partial charge in [-0.3, -0.25) is 4.79 Å². The normalized spacial score (nSPS) is 18.5. The van der Waals surface area contributed by atoms with E-state index in [1.165, 1.54) is 25.7 Å². The fraction of sp³-hybridized carbons (Fsp3) is 0.933. The Morgan fingerprint density at radius 1 is 1.21 bits per heavy atom. The Balaban J connectivity index is 2.04. The standard InChI is InChI=1S/C15H30N2O2/c1-13(2)7-5-3-4-6-10-17-14(18)15(16)8-11-19-12-9-15/h13H,3-12,16H2,1-2H3,(H,17,18). The summed E-state index contributed by atoms with van der Waals surface area (Å²) in [6.07, 6.45) is 7.36. The molecule has 1 amide bonds. The predicted molar refractivity (Wildman–Crippen MR) is 77.9 cm³/mol. The van der Waals surface area contributed by atoms with Crippen molar-refractivity contribution < 1.29 is 9.53 Å². The molecule has 0 radical (unpaired) electrons. The number of nitrogens with one attached hydrogen (secondary N) is 1. The summed E-state index contributed by atoms with van der Waals surface area (Å²) in [5, 5.41) is 2.97. The number of rotatable bonds is 8. The molecule has 19 heavy (non-hydrogen) atoms. The summed E-state index contributed by atoms with van der Waals surface area (Å²) in [6.45, 7) is 6.46. The Hall–Kier alpha value is -0.610. The van der Waals surface area contributed by atoms with E-state index in [1.807, 2.05) is 0 Å². The zero-order valence-corrected chi connectivity index (χ0v) is 12.5. The van der Waals surface area contributed by atoms with Crippen LogP contribution in [0.4, 0.5) is 0 Å². The van der Waals surface area contributed by atoms with Gasteiger partial charge in [0.15, 0.2) is 0 Å². The molecule has 1 fully saturated rings. The van der Waals surface area contributed by atoms with Gasteiger partial charge in [-0.15, -0.1) is 0 Å². The van der Waals surface area contributed by atoms with Crippen molar-refractivity contribution in [3.8, 4) is 0 Å². The second kappa shape index (κ2) is 8.54. The van der Waals surface area contributed by atoms with Crippen LogP contribution in [0.1, 0.15) is 58.8 Å². The third-order valence-electron chi connectivity index (χ3n) is 3.83. The van der Waals surface area contributed by atoms with E-state index < -0.39 is 5.54 Å². The van der Waals surface area contributed by atoms with Crippen LogP contribution in [-0.2, 0) is 9.53 Å². The molecule has 0 aromatic rings. The van der Waals surface area contributed by atoms with Gasteiger partial charge in [-0.1, -0.05) is 39.5 Å². The Bertz CT molecular complexity index is 261. The van der Waals surface area contributed by atoms with Gasteiger partial charge < -0.3 is 15.8 Å². The van der Waals surface area contributed by atoms with Crippen molar-refractivity contribution in [3.63, 3.8) is 0 Å². The van der Waals surface area contributed by atoms with Crippen LogP contribution in [0.5, 0.6) is 0 Å². The van der Waals surface area contributed by atoms with Crippen LogP contribution in [0.3, 0.4) is 0 Å². The highest BCUT2D eigenvalue weighted by Gasteiger charge is 2.35. The number of ether oxygens (including phenoxy) is 1. The van der Waals surface area contributed by atoms with E-state index in [2.05, 4.69) is 19.2 Å². The molecule has 1 aliphatic heterocycles. The molecule has 3 N–H and O–H groups in total. The molecule has 0 aromatic carbocycles. The Morgan fingerprint density at radius 3 is 2.47 bits per heavy atom. The van der Waals surface area contributed by atoms with E-state index in [1.54, 1.807) is 0 Å². The Kier molecular flexibility index (Phi) is 7.39. The number of unbranched alkanes of at least 4 members (excludes halogenated alkanes) is 3. The summed E-state index contributed by atoms with van der Waals surface area (Å²) in [4.78, 5) is 12.0. The van der Waals surface area contributed by atoms with Crippen LogP contribution in [0.2, 0.25) is 0 Å². The van der Waals surface area contributed by atoms with Crippen molar-refractivity contribution in [3.05, 3.63) is 0 Å².